The maximum Gasteiger partial charge on any atom is 0.284 e. The third kappa shape index (κ3) is 4.84. The van der Waals surface area contributed by atoms with Gasteiger partial charge >= 0.3 is 0 Å². The van der Waals surface area contributed by atoms with Crippen molar-refractivity contribution >= 4 is 27.5 Å². The van der Waals surface area contributed by atoms with Crippen molar-refractivity contribution in [2.45, 2.75) is 17.9 Å². The van der Waals surface area contributed by atoms with Gasteiger partial charge in [0.2, 0.25) is 0 Å². The van der Waals surface area contributed by atoms with Crippen molar-refractivity contribution in [3.05, 3.63) is 64.7 Å². The van der Waals surface area contributed by atoms with Gasteiger partial charge < -0.3 is 4.90 Å². The third-order valence-corrected chi connectivity index (χ3v) is 5.48. The zero-order chi connectivity index (χ0) is 19.5. The first-order valence-corrected chi connectivity index (χ1v) is 9.94. The van der Waals surface area contributed by atoms with Gasteiger partial charge in [-0.2, -0.15) is 8.42 Å². The van der Waals surface area contributed by atoms with Gasteiger partial charge in [-0.1, -0.05) is 41.4 Å². The Bertz CT molecular complexity index is 874. The van der Waals surface area contributed by atoms with E-state index in [0.29, 0.717) is 10.9 Å². The molecule has 0 amide bonds. The van der Waals surface area contributed by atoms with E-state index in [-0.39, 0.29) is 10.9 Å². The van der Waals surface area contributed by atoms with Crippen LogP contribution in [-0.4, -0.2) is 52.2 Å². The molecule has 26 heavy (non-hydrogen) atoms. The van der Waals surface area contributed by atoms with Crippen LogP contribution in [0.2, 0.25) is 5.02 Å². The summed E-state index contributed by atoms with van der Waals surface area (Å²) in [5, 5.41) is 0.478. The molecule has 0 saturated heterocycles. The second-order valence-corrected chi connectivity index (χ2v) is 8.59. The summed E-state index contributed by atoms with van der Waals surface area (Å²) in [6, 6.07) is 13.7. The molecule has 0 bridgehead atoms. The maximum atomic E-state index is 12.8. The van der Waals surface area contributed by atoms with Crippen LogP contribution in [0.25, 0.3) is 0 Å². The molecule has 0 heterocycles. The van der Waals surface area contributed by atoms with Gasteiger partial charge in [-0.05, 0) is 50.8 Å². The lowest BCUT2D eigenvalue weighted by Gasteiger charge is -2.30. The van der Waals surface area contributed by atoms with Crippen LogP contribution in [-0.2, 0) is 10.0 Å². The van der Waals surface area contributed by atoms with Crippen LogP contribution in [0.4, 0.5) is 0 Å². The lowest BCUT2D eigenvalue weighted by atomic mass is 10.0. The molecule has 0 saturated carbocycles. The smallest absolute Gasteiger partial charge is 0.284 e. The summed E-state index contributed by atoms with van der Waals surface area (Å²) in [7, 11) is 3.53. The zero-order valence-corrected chi connectivity index (χ0v) is 17.2. The molecule has 1 atom stereocenters. The number of amidine groups is 1. The number of sulfonamides is 1. The number of aryl methyl sites for hydroxylation is 1. The molecular formula is C19H24ClN3O2S. The molecule has 0 aliphatic heterocycles. The van der Waals surface area contributed by atoms with Gasteiger partial charge in [-0.3, -0.25) is 4.90 Å². The molecule has 2 aromatic rings. The Hall–Kier alpha value is -1.89. The molecule has 0 radical (unpaired) electrons. The van der Waals surface area contributed by atoms with E-state index in [2.05, 4.69) is 4.40 Å². The van der Waals surface area contributed by atoms with E-state index in [1.165, 1.54) is 12.1 Å². The van der Waals surface area contributed by atoms with Crippen molar-refractivity contribution in [1.82, 2.24) is 9.80 Å². The molecule has 7 heteroatoms. The lowest BCUT2D eigenvalue weighted by Crippen LogP contribution is -2.37. The fourth-order valence-corrected chi connectivity index (χ4v) is 3.81. The Balaban J connectivity index is 2.55. The van der Waals surface area contributed by atoms with E-state index < -0.39 is 10.0 Å². The van der Waals surface area contributed by atoms with Crippen molar-refractivity contribution in [3.8, 4) is 0 Å². The van der Waals surface area contributed by atoms with Crippen molar-refractivity contribution in [2.75, 3.05) is 28.2 Å². The highest BCUT2D eigenvalue weighted by Crippen LogP contribution is 2.24. The maximum absolute atomic E-state index is 12.8. The first-order valence-electron chi connectivity index (χ1n) is 8.12. The largest absolute Gasteiger partial charge is 0.364 e. The number of rotatable bonds is 5. The summed E-state index contributed by atoms with van der Waals surface area (Å²) in [6.07, 6.45) is 0. The summed E-state index contributed by atoms with van der Waals surface area (Å²) < 4.78 is 29.7. The Morgan fingerprint density at radius 3 is 1.96 bits per heavy atom. The van der Waals surface area contributed by atoms with E-state index in [4.69, 9.17) is 11.6 Å². The predicted molar refractivity (Wildman–Crippen MR) is 107 cm³/mol. The summed E-state index contributed by atoms with van der Waals surface area (Å²) in [5.41, 5.74) is 2.11. The third-order valence-electron chi connectivity index (χ3n) is 3.94. The van der Waals surface area contributed by atoms with Crippen molar-refractivity contribution in [2.24, 2.45) is 4.40 Å². The highest BCUT2D eigenvalue weighted by molar-refractivity contribution is 7.90. The topological polar surface area (TPSA) is 53.0 Å². The van der Waals surface area contributed by atoms with Gasteiger partial charge in [0.15, 0.2) is 0 Å². The van der Waals surface area contributed by atoms with Gasteiger partial charge in [0, 0.05) is 19.1 Å². The number of nitrogens with zero attached hydrogens (tertiary/aromatic N) is 3. The predicted octanol–water partition coefficient (Wildman–Crippen LogP) is 3.60. The van der Waals surface area contributed by atoms with E-state index in [1.807, 2.05) is 50.2 Å². The summed E-state index contributed by atoms with van der Waals surface area (Å²) >= 11 is 5.86. The van der Waals surface area contributed by atoms with Crippen LogP contribution in [0.1, 0.15) is 17.2 Å². The fourth-order valence-electron chi connectivity index (χ4n) is 2.59. The van der Waals surface area contributed by atoms with Crippen molar-refractivity contribution in [3.63, 3.8) is 0 Å². The Morgan fingerprint density at radius 2 is 1.50 bits per heavy atom. The highest BCUT2D eigenvalue weighted by Gasteiger charge is 2.26. The summed E-state index contributed by atoms with van der Waals surface area (Å²) in [5.74, 6) is 0.439. The molecular weight excluding hydrogens is 370 g/mol. The quantitative estimate of drug-likeness (QED) is 0.575. The second kappa shape index (κ2) is 8.20. The SMILES string of the molecule is Cc1ccc(C(/C(=N/S(=O)(=O)c2ccc(Cl)cc2)N(C)C)N(C)C)cc1. The summed E-state index contributed by atoms with van der Waals surface area (Å²) in [6.45, 7) is 2.01. The number of likely N-dealkylation sites (N-methyl/N-ethyl adjacent to an activating group) is 2. The second-order valence-electron chi connectivity index (χ2n) is 6.55. The van der Waals surface area contributed by atoms with Crippen LogP contribution in [0.5, 0.6) is 0 Å². The number of hydrogen-bond acceptors (Lipinski definition) is 3. The molecule has 140 valence electrons. The molecule has 0 spiro atoms. The normalized spacial score (nSPS) is 13.7. The van der Waals surface area contributed by atoms with Gasteiger partial charge in [-0.15, -0.1) is 4.40 Å². The highest BCUT2D eigenvalue weighted by atomic mass is 35.5. The van der Waals surface area contributed by atoms with Gasteiger partial charge in [0.25, 0.3) is 10.0 Å². The van der Waals surface area contributed by atoms with Crippen molar-refractivity contribution in [1.29, 1.82) is 0 Å². The van der Waals surface area contributed by atoms with Gasteiger partial charge in [0.1, 0.15) is 5.84 Å². The molecule has 0 fully saturated rings. The Morgan fingerprint density at radius 1 is 0.962 bits per heavy atom. The molecule has 0 N–H and O–H groups in total. The minimum atomic E-state index is -3.85. The first-order chi connectivity index (χ1) is 12.1. The standard InChI is InChI=1S/C19H24ClN3O2S/c1-14-6-8-15(9-7-14)18(22(2)3)19(23(4)5)21-26(24,25)17-12-10-16(20)11-13-17/h6-13,18H,1-5H3/b21-19-. The number of hydrogen-bond donors (Lipinski definition) is 0. The van der Waals surface area contributed by atoms with E-state index in [9.17, 15) is 8.42 Å². The lowest BCUT2D eigenvalue weighted by molar-refractivity contribution is 0.348. The van der Waals surface area contributed by atoms with Crippen LogP contribution < -0.4 is 0 Å². The Labute approximate surface area is 161 Å². The fraction of sp³-hybridized carbons (Fsp3) is 0.316. The van der Waals surface area contributed by atoms with Crippen LogP contribution in [0, 0.1) is 6.92 Å². The van der Waals surface area contributed by atoms with E-state index in [1.54, 1.807) is 31.1 Å². The van der Waals surface area contributed by atoms with Crippen LogP contribution in [0.15, 0.2) is 57.8 Å². The molecule has 2 rings (SSSR count). The molecule has 5 nitrogen and oxygen atoms in total. The van der Waals surface area contributed by atoms with Crippen LogP contribution >= 0.6 is 11.6 Å². The van der Waals surface area contributed by atoms with Crippen molar-refractivity contribution < 1.29 is 8.42 Å². The molecule has 1 unspecified atom stereocenters. The zero-order valence-electron chi connectivity index (χ0n) is 15.6. The molecule has 0 aliphatic rings. The van der Waals surface area contributed by atoms with Gasteiger partial charge in [-0.25, -0.2) is 0 Å². The number of benzene rings is 2. The average Bonchev–Trinajstić information content (AvgIpc) is 2.56. The first kappa shape index (κ1) is 20.4. The van der Waals surface area contributed by atoms with Gasteiger partial charge in [0.05, 0.1) is 10.9 Å². The minimum Gasteiger partial charge on any atom is -0.364 e. The Kier molecular flexibility index (Phi) is 6.44. The monoisotopic (exact) mass is 393 g/mol. The van der Waals surface area contributed by atoms with Crippen LogP contribution in [0.3, 0.4) is 0 Å². The molecule has 0 aromatic heterocycles. The molecule has 2 aromatic carbocycles. The average molecular weight is 394 g/mol. The molecule has 0 aliphatic carbocycles. The van der Waals surface area contributed by atoms with E-state index in [0.717, 1.165) is 11.1 Å². The van der Waals surface area contributed by atoms with E-state index >= 15 is 0 Å². The number of halogens is 1. The minimum absolute atomic E-state index is 0.114. The summed E-state index contributed by atoms with van der Waals surface area (Å²) in [4.78, 5) is 3.79.